The van der Waals surface area contributed by atoms with E-state index in [2.05, 4.69) is 4.98 Å². The summed E-state index contributed by atoms with van der Waals surface area (Å²) in [4.78, 5) is 6.23. The van der Waals surface area contributed by atoms with Crippen LogP contribution in [0.5, 0.6) is 5.88 Å². The molecule has 15 heavy (non-hydrogen) atoms. The second kappa shape index (κ2) is 5.41. The number of hydrogen-bond donors (Lipinski definition) is 1. The van der Waals surface area contributed by atoms with Crippen LogP contribution in [-0.2, 0) is 4.74 Å². The molecular weight excluding hydrogens is 194 g/mol. The minimum atomic E-state index is 0.522. The van der Waals surface area contributed by atoms with Gasteiger partial charge in [0.25, 0.3) is 0 Å². The van der Waals surface area contributed by atoms with Crippen molar-refractivity contribution in [1.29, 1.82) is 0 Å². The minimum absolute atomic E-state index is 0.522. The number of anilines is 2. The molecule has 0 spiro atoms. The Morgan fingerprint density at radius 3 is 2.73 bits per heavy atom. The summed E-state index contributed by atoms with van der Waals surface area (Å²) in [5, 5.41) is 0. The number of nitrogen functional groups attached to an aromatic ring is 1. The fourth-order valence-corrected chi connectivity index (χ4v) is 1.15. The maximum atomic E-state index is 5.72. The van der Waals surface area contributed by atoms with Gasteiger partial charge in [0.1, 0.15) is 5.82 Å². The first-order chi connectivity index (χ1) is 7.17. The molecule has 0 fully saturated rings. The molecule has 1 heterocycles. The van der Waals surface area contributed by atoms with E-state index in [0.717, 1.165) is 12.4 Å². The second-order valence-corrected chi connectivity index (χ2v) is 3.22. The van der Waals surface area contributed by atoms with Gasteiger partial charge in [-0.3, -0.25) is 0 Å². The number of methoxy groups -OCH3 is 2. The first-order valence-corrected chi connectivity index (χ1v) is 4.69. The number of nitrogens with zero attached hydrogens (tertiary/aromatic N) is 2. The Bertz CT molecular complexity index is 318. The smallest absolute Gasteiger partial charge is 0.216 e. The molecular formula is C10H17N3O2. The van der Waals surface area contributed by atoms with Crippen molar-refractivity contribution in [2.24, 2.45) is 0 Å². The van der Waals surface area contributed by atoms with Crippen molar-refractivity contribution < 1.29 is 9.47 Å². The highest BCUT2D eigenvalue weighted by molar-refractivity contribution is 5.53. The third-order valence-electron chi connectivity index (χ3n) is 2.04. The van der Waals surface area contributed by atoms with Gasteiger partial charge < -0.3 is 20.1 Å². The Morgan fingerprint density at radius 2 is 2.13 bits per heavy atom. The maximum Gasteiger partial charge on any atom is 0.216 e. The largest absolute Gasteiger partial charge is 0.481 e. The molecule has 0 atom stereocenters. The van der Waals surface area contributed by atoms with Gasteiger partial charge in [0.2, 0.25) is 5.88 Å². The minimum Gasteiger partial charge on any atom is -0.481 e. The highest BCUT2D eigenvalue weighted by atomic mass is 16.5. The molecule has 0 saturated heterocycles. The van der Waals surface area contributed by atoms with Crippen LogP contribution in [0.4, 0.5) is 11.5 Å². The van der Waals surface area contributed by atoms with Crippen molar-refractivity contribution >= 4 is 11.5 Å². The summed E-state index contributed by atoms with van der Waals surface area (Å²) >= 11 is 0. The van der Waals surface area contributed by atoms with E-state index in [0.29, 0.717) is 18.2 Å². The van der Waals surface area contributed by atoms with Gasteiger partial charge >= 0.3 is 0 Å². The summed E-state index contributed by atoms with van der Waals surface area (Å²) in [7, 11) is 5.17. The van der Waals surface area contributed by atoms with Crippen LogP contribution in [0, 0.1) is 0 Å². The van der Waals surface area contributed by atoms with Gasteiger partial charge in [-0.05, 0) is 0 Å². The summed E-state index contributed by atoms with van der Waals surface area (Å²) in [5.74, 6) is 1.30. The van der Waals surface area contributed by atoms with Crippen molar-refractivity contribution in [3.05, 3.63) is 12.1 Å². The molecule has 0 radical (unpaired) electrons. The van der Waals surface area contributed by atoms with Gasteiger partial charge in [-0.25, -0.2) is 0 Å². The molecule has 0 aliphatic carbocycles. The maximum absolute atomic E-state index is 5.72. The highest BCUT2D eigenvalue weighted by Gasteiger charge is 2.05. The SMILES string of the molecule is COCCN(C)c1cc(N)cc(OC)n1. The van der Waals surface area contributed by atoms with Gasteiger partial charge in [-0.2, -0.15) is 4.98 Å². The number of likely N-dealkylation sites (N-methyl/N-ethyl adjacent to an activating group) is 1. The lowest BCUT2D eigenvalue weighted by atomic mass is 10.3. The van der Waals surface area contributed by atoms with E-state index in [-0.39, 0.29) is 0 Å². The molecule has 1 rings (SSSR count). The lowest BCUT2D eigenvalue weighted by Gasteiger charge is -2.18. The third kappa shape index (κ3) is 3.28. The molecule has 1 aromatic rings. The Kier molecular flexibility index (Phi) is 4.17. The van der Waals surface area contributed by atoms with E-state index in [1.54, 1.807) is 26.4 Å². The van der Waals surface area contributed by atoms with Crippen LogP contribution >= 0.6 is 0 Å². The topological polar surface area (TPSA) is 60.6 Å². The monoisotopic (exact) mass is 211 g/mol. The fourth-order valence-electron chi connectivity index (χ4n) is 1.15. The van der Waals surface area contributed by atoms with Crippen molar-refractivity contribution in [3.8, 4) is 5.88 Å². The standard InChI is InChI=1S/C10H17N3O2/c1-13(4-5-14-2)9-6-8(11)7-10(12-9)15-3/h6-7H,4-5H2,1-3H3,(H2,11,12). The molecule has 0 unspecified atom stereocenters. The molecule has 2 N–H and O–H groups in total. The van der Waals surface area contributed by atoms with E-state index >= 15 is 0 Å². The molecule has 0 bridgehead atoms. The Morgan fingerprint density at radius 1 is 1.40 bits per heavy atom. The Hall–Kier alpha value is -1.49. The van der Waals surface area contributed by atoms with Gasteiger partial charge in [0.05, 0.1) is 13.7 Å². The summed E-state index contributed by atoms with van der Waals surface area (Å²) in [6.45, 7) is 1.41. The molecule has 5 heteroatoms. The quantitative estimate of drug-likeness (QED) is 0.779. The van der Waals surface area contributed by atoms with Crippen LogP contribution < -0.4 is 15.4 Å². The van der Waals surface area contributed by atoms with Gasteiger partial charge in [-0.1, -0.05) is 0 Å². The van der Waals surface area contributed by atoms with Crippen LogP contribution in [0.3, 0.4) is 0 Å². The van der Waals surface area contributed by atoms with E-state index in [4.69, 9.17) is 15.2 Å². The molecule has 0 aliphatic heterocycles. The Labute approximate surface area is 89.8 Å². The summed E-state index contributed by atoms with van der Waals surface area (Å²) in [5.41, 5.74) is 6.36. The zero-order chi connectivity index (χ0) is 11.3. The number of ether oxygens (including phenoxy) is 2. The van der Waals surface area contributed by atoms with E-state index in [1.165, 1.54) is 0 Å². The van der Waals surface area contributed by atoms with Crippen molar-refractivity contribution in [3.63, 3.8) is 0 Å². The van der Waals surface area contributed by atoms with Gasteiger partial charge in [0, 0.05) is 38.5 Å². The first kappa shape index (κ1) is 11.6. The second-order valence-electron chi connectivity index (χ2n) is 3.22. The zero-order valence-electron chi connectivity index (χ0n) is 9.36. The van der Waals surface area contributed by atoms with E-state index in [9.17, 15) is 0 Å². The molecule has 84 valence electrons. The average molecular weight is 211 g/mol. The molecule has 0 saturated carbocycles. The lowest BCUT2D eigenvalue weighted by Crippen LogP contribution is -2.23. The summed E-state index contributed by atoms with van der Waals surface area (Å²) in [6.07, 6.45) is 0. The normalized spacial score (nSPS) is 10.1. The lowest BCUT2D eigenvalue weighted by molar-refractivity contribution is 0.206. The van der Waals surface area contributed by atoms with Crippen molar-refractivity contribution in [2.45, 2.75) is 0 Å². The van der Waals surface area contributed by atoms with Crippen LogP contribution in [-0.4, -0.2) is 39.4 Å². The number of rotatable bonds is 5. The first-order valence-electron chi connectivity index (χ1n) is 4.69. The van der Waals surface area contributed by atoms with Crippen molar-refractivity contribution in [2.75, 3.05) is 45.1 Å². The zero-order valence-corrected chi connectivity index (χ0v) is 9.36. The van der Waals surface area contributed by atoms with Crippen LogP contribution in [0.25, 0.3) is 0 Å². The molecule has 0 aliphatic rings. The van der Waals surface area contributed by atoms with Gasteiger partial charge in [-0.15, -0.1) is 0 Å². The molecule has 0 amide bonds. The summed E-state index contributed by atoms with van der Waals surface area (Å²) < 4.78 is 10.0. The number of nitrogens with two attached hydrogens (primary N) is 1. The number of pyridine rings is 1. The van der Waals surface area contributed by atoms with Crippen LogP contribution in [0.15, 0.2) is 12.1 Å². The number of hydrogen-bond acceptors (Lipinski definition) is 5. The predicted octanol–water partition coefficient (Wildman–Crippen LogP) is 0.755. The third-order valence-corrected chi connectivity index (χ3v) is 2.04. The van der Waals surface area contributed by atoms with E-state index < -0.39 is 0 Å². The number of aromatic nitrogens is 1. The van der Waals surface area contributed by atoms with Crippen LogP contribution in [0.1, 0.15) is 0 Å². The predicted molar refractivity (Wildman–Crippen MR) is 60.3 cm³/mol. The molecule has 1 aromatic heterocycles. The van der Waals surface area contributed by atoms with Gasteiger partial charge in [0.15, 0.2) is 0 Å². The molecule has 5 nitrogen and oxygen atoms in total. The fraction of sp³-hybridized carbons (Fsp3) is 0.500. The van der Waals surface area contributed by atoms with Crippen LogP contribution in [0.2, 0.25) is 0 Å². The average Bonchev–Trinajstić information content (AvgIpc) is 2.24. The Balaban J connectivity index is 2.78. The van der Waals surface area contributed by atoms with Crippen molar-refractivity contribution in [1.82, 2.24) is 4.98 Å². The summed E-state index contributed by atoms with van der Waals surface area (Å²) in [6, 6.07) is 3.49. The van der Waals surface area contributed by atoms with E-state index in [1.807, 2.05) is 11.9 Å². The highest BCUT2D eigenvalue weighted by Crippen LogP contribution is 2.19. The molecule has 0 aromatic carbocycles.